The van der Waals surface area contributed by atoms with E-state index in [1.165, 1.54) is 0 Å². The van der Waals surface area contributed by atoms with Crippen LogP contribution in [0.1, 0.15) is 6.42 Å². The first kappa shape index (κ1) is 11.0. The third-order valence-corrected chi connectivity index (χ3v) is 2.43. The molecule has 1 aromatic rings. The molecule has 0 heterocycles. The quantitative estimate of drug-likeness (QED) is 0.570. The van der Waals surface area contributed by atoms with Gasteiger partial charge in [0.25, 0.3) is 10.1 Å². The summed E-state index contributed by atoms with van der Waals surface area (Å²) < 4.78 is 29.2. The van der Waals surface area contributed by atoms with Gasteiger partial charge in [0.05, 0.1) is 5.75 Å². The molecular weight excluding hydrogens is 202 g/mol. The Morgan fingerprint density at radius 1 is 1.36 bits per heavy atom. The Morgan fingerprint density at radius 3 is 2.57 bits per heavy atom. The lowest BCUT2D eigenvalue weighted by Crippen LogP contribution is -2.09. The molecule has 0 saturated carbocycles. The van der Waals surface area contributed by atoms with Crippen LogP contribution in [0.2, 0.25) is 0 Å². The molecule has 1 rings (SSSR count). The summed E-state index contributed by atoms with van der Waals surface area (Å²) in [6, 6.07) is 10.1. The number of benzene rings is 1. The molecule has 5 heteroatoms. The Bertz CT molecular complexity index is 361. The molecule has 0 aliphatic heterocycles. The summed E-state index contributed by atoms with van der Waals surface area (Å²) >= 11 is 0. The summed E-state index contributed by atoms with van der Waals surface area (Å²) in [7, 11) is -3.82. The topological polar surface area (TPSA) is 66.4 Å². The highest BCUT2D eigenvalue weighted by atomic mass is 32.2. The molecule has 0 aromatic heterocycles. The van der Waals surface area contributed by atoms with Crippen LogP contribution in [0.3, 0.4) is 0 Å². The maximum atomic E-state index is 10.4. The van der Waals surface area contributed by atoms with Crippen molar-refractivity contribution in [2.45, 2.75) is 6.42 Å². The highest BCUT2D eigenvalue weighted by Crippen LogP contribution is 2.04. The summed E-state index contributed by atoms with van der Waals surface area (Å²) in [4.78, 5) is 0. The zero-order valence-electron chi connectivity index (χ0n) is 7.60. The van der Waals surface area contributed by atoms with Gasteiger partial charge in [-0.25, -0.2) is 0 Å². The number of hydrogen-bond donors (Lipinski definition) is 2. The molecular formula is C9H12NO3S. The second-order valence-corrected chi connectivity index (χ2v) is 4.43. The van der Waals surface area contributed by atoms with Crippen molar-refractivity contribution in [3.8, 4) is 0 Å². The maximum absolute atomic E-state index is 10.4. The molecule has 0 aliphatic rings. The van der Waals surface area contributed by atoms with Gasteiger partial charge in [0.15, 0.2) is 0 Å². The van der Waals surface area contributed by atoms with Crippen molar-refractivity contribution >= 4 is 15.8 Å². The van der Waals surface area contributed by atoms with Crippen LogP contribution in [0.25, 0.3) is 0 Å². The zero-order chi connectivity index (χ0) is 10.4. The molecule has 14 heavy (non-hydrogen) atoms. The standard InChI is InChI=1S/C9H12NO3S/c11-14(12,13)8-4-7-10-9-5-2-1-3-6-9/h2-3,5-6,10H,4,7-8H2,(H,11,12,13). The second-order valence-electron chi connectivity index (χ2n) is 2.86. The highest BCUT2D eigenvalue weighted by Gasteiger charge is 2.02. The van der Waals surface area contributed by atoms with E-state index in [2.05, 4.69) is 11.4 Å². The average molecular weight is 214 g/mol. The van der Waals surface area contributed by atoms with Crippen LogP contribution >= 0.6 is 0 Å². The molecule has 1 radical (unpaired) electrons. The highest BCUT2D eigenvalue weighted by molar-refractivity contribution is 7.85. The van der Waals surface area contributed by atoms with E-state index in [-0.39, 0.29) is 5.75 Å². The zero-order valence-corrected chi connectivity index (χ0v) is 8.42. The summed E-state index contributed by atoms with van der Waals surface area (Å²) in [6.07, 6.45) is 0.386. The van der Waals surface area contributed by atoms with Crippen LogP contribution in [0.15, 0.2) is 24.3 Å². The predicted molar refractivity (Wildman–Crippen MR) is 54.8 cm³/mol. The molecule has 0 saturated heterocycles. The van der Waals surface area contributed by atoms with Crippen molar-refractivity contribution in [1.29, 1.82) is 0 Å². The minimum absolute atomic E-state index is 0.209. The van der Waals surface area contributed by atoms with Crippen molar-refractivity contribution in [1.82, 2.24) is 0 Å². The first-order valence-corrected chi connectivity index (χ1v) is 5.84. The third kappa shape index (κ3) is 4.84. The van der Waals surface area contributed by atoms with E-state index in [9.17, 15) is 8.42 Å². The average Bonchev–Trinajstić information content (AvgIpc) is 2.13. The Balaban J connectivity index is 2.23. The van der Waals surface area contributed by atoms with Crippen molar-refractivity contribution in [3.63, 3.8) is 0 Å². The van der Waals surface area contributed by atoms with Gasteiger partial charge >= 0.3 is 0 Å². The lowest BCUT2D eigenvalue weighted by molar-refractivity contribution is 0.481. The molecule has 0 atom stereocenters. The van der Waals surface area contributed by atoms with Crippen LogP contribution in [0, 0.1) is 6.07 Å². The molecule has 0 amide bonds. The van der Waals surface area contributed by atoms with Gasteiger partial charge in [-0.05, 0) is 24.6 Å². The summed E-state index contributed by atoms with van der Waals surface area (Å²) in [5.74, 6) is -0.209. The van der Waals surface area contributed by atoms with Gasteiger partial charge in [-0.3, -0.25) is 4.55 Å². The van der Waals surface area contributed by atoms with Crippen LogP contribution < -0.4 is 5.32 Å². The monoisotopic (exact) mass is 214 g/mol. The van der Waals surface area contributed by atoms with Crippen molar-refractivity contribution in [3.05, 3.63) is 30.3 Å². The van der Waals surface area contributed by atoms with Gasteiger partial charge in [0.1, 0.15) is 0 Å². The van der Waals surface area contributed by atoms with Gasteiger partial charge in [0.2, 0.25) is 0 Å². The summed E-state index contributed by atoms with van der Waals surface area (Å²) in [6.45, 7) is 0.518. The molecule has 0 unspecified atom stereocenters. The first-order chi connectivity index (χ1) is 6.58. The normalized spacial score (nSPS) is 11.2. The van der Waals surface area contributed by atoms with Crippen LogP contribution in [0.5, 0.6) is 0 Å². The summed E-state index contributed by atoms with van der Waals surface area (Å²) in [5, 5.41) is 3.02. The molecule has 0 spiro atoms. The van der Waals surface area contributed by atoms with E-state index in [0.29, 0.717) is 13.0 Å². The second kappa shape index (κ2) is 4.97. The fraction of sp³-hybridized carbons (Fsp3) is 0.333. The maximum Gasteiger partial charge on any atom is 0.264 e. The fourth-order valence-electron chi connectivity index (χ4n) is 0.992. The SMILES string of the molecule is O=S(=O)(O)CCCNc1cc[c]cc1. The van der Waals surface area contributed by atoms with E-state index in [1.54, 1.807) is 12.1 Å². The molecule has 2 N–H and O–H groups in total. The molecule has 0 aliphatic carbocycles. The van der Waals surface area contributed by atoms with E-state index >= 15 is 0 Å². The minimum atomic E-state index is -3.82. The van der Waals surface area contributed by atoms with E-state index < -0.39 is 10.1 Å². The Hall–Kier alpha value is -1.07. The third-order valence-electron chi connectivity index (χ3n) is 1.63. The van der Waals surface area contributed by atoms with Gasteiger partial charge in [0, 0.05) is 12.2 Å². The Labute approximate surface area is 83.7 Å². The Kier molecular flexibility index (Phi) is 3.91. The molecule has 1 aromatic carbocycles. The first-order valence-electron chi connectivity index (χ1n) is 4.23. The number of nitrogens with one attached hydrogen (secondary N) is 1. The van der Waals surface area contributed by atoms with Gasteiger partial charge < -0.3 is 5.32 Å². The number of rotatable bonds is 5. The molecule has 77 valence electrons. The minimum Gasteiger partial charge on any atom is -0.385 e. The van der Waals surface area contributed by atoms with E-state index in [0.717, 1.165) is 5.69 Å². The number of hydrogen-bond acceptors (Lipinski definition) is 3. The van der Waals surface area contributed by atoms with Crippen molar-refractivity contribution in [2.24, 2.45) is 0 Å². The molecule has 0 bridgehead atoms. The van der Waals surface area contributed by atoms with Gasteiger partial charge in [-0.2, -0.15) is 8.42 Å². The lowest BCUT2D eigenvalue weighted by Gasteiger charge is -2.04. The Morgan fingerprint density at radius 2 is 2.00 bits per heavy atom. The van der Waals surface area contributed by atoms with Crippen molar-refractivity contribution < 1.29 is 13.0 Å². The predicted octanol–water partition coefficient (Wildman–Crippen LogP) is 1.18. The van der Waals surface area contributed by atoms with Gasteiger partial charge in [-0.15, -0.1) is 0 Å². The van der Waals surface area contributed by atoms with E-state index in [1.807, 2.05) is 12.1 Å². The fourth-order valence-corrected chi connectivity index (χ4v) is 1.50. The van der Waals surface area contributed by atoms with Gasteiger partial charge in [-0.1, -0.05) is 12.1 Å². The van der Waals surface area contributed by atoms with Crippen LogP contribution in [-0.4, -0.2) is 25.3 Å². The summed E-state index contributed by atoms with van der Waals surface area (Å²) in [5.41, 5.74) is 0.916. The van der Waals surface area contributed by atoms with Crippen LogP contribution in [0.4, 0.5) is 5.69 Å². The smallest absolute Gasteiger partial charge is 0.264 e. The molecule has 0 fully saturated rings. The number of anilines is 1. The molecule has 4 nitrogen and oxygen atoms in total. The largest absolute Gasteiger partial charge is 0.385 e. The lowest BCUT2D eigenvalue weighted by atomic mass is 10.3. The van der Waals surface area contributed by atoms with Crippen molar-refractivity contribution in [2.75, 3.05) is 17.6 Å². The van der Waals surface area contributed by atoms with Crippen LogP contribution in [-0.2, 0) is 10.1 Å². The van der Waals surface area contributed by atoms with E-state index in [4.69, 9.17) is 4.55 Å².